The molecule has 1 aliphatic rings. The maximum absolute atomic E-state index is 5.19. The summed E-state index contributed by atoms with van der Waals surface area (Å²) in [6.45, 7) is 4.76. The van der Waals surface area contributed by atoms with Gasteiger partial charge in [0.1, 0.15) is 0 Å². The van der Waals surface area contributed by atoms with Crippen molar-refractivity contribution in [3.05, 3.63) is 24.2 Å². The summed E-state index contributed by atoms with van der Waals surface area (Å²) in [6.07, 6.45) is 10.3. The van der Waals surface area contributed by atoms with Crippen LogP contribution in [0.25, 0.3) is 0 Å². The van der Waals surface area contributed by atoms with Crippen molar-refractivity contribution < 1.29 is 4.42 Å². The van der Waals surface area contributed by atoms with E-state index >= 15 is 0 Å². The number of likely N-dealkylation sites (tertiary alicyclic amines) is 1. The Hall–Kier alpha value is -0.760. The van der Waals surface area contributed by atoms with Crippen LogP contribution in [0.4, 0.5) is 0 Å². The lowest BCUT2D eigenvalue weighted by Gasteiger charge is -2.35. The number of piperidine rings is 1. The number of hydrogen-bond acceptors (Lipinski definition) is 2. The van der Waals surface area contributed by atoms with Gasteiger partial charge in [-0.05, 0) is 38.4 Å². The summed E-state index contributed by atoms with van der Waals surface area (Å²) < 4.78 is 5.19. The standard InChI is InChI=1S/C13H21NO/c1-2-3-8-14-9-5-4-6-13(14)12-7-10-15-11-12/h7,10-11,13H,2-6,8-9H2,1H3/t13-/m1/s1. The third-order valence-corrected chi connectivity index (χ3v) is 3.34. The van der Waals surface area contributed by atoms with Crippen LogP contribution in [0.5, 0.6) is 0 Å². The highest BCUT2D eigenvalue weighted by molar-refractivity contribution is 5.12. The molecule has 0 amide bonds. The molecule has 15 heavy (non-hydrogen) atoms. The second-order valence-electron chi connectivity index (χ2n) is 4.46. The quantitative estimate of drug-likeness (QED) is 0.750. The van der Waals surface area contributed by atoms with Crippen molar-refractivity contribution in [2.75, 3.05) is 13.1 Å². The van der Waals surface area contributed by atoms with E-state index in [1.54, 1.807) is 6.26 Å². The van der Waals surface area contributed by atoms with Gasteiger partial charge in [0.05, 0.1) is 12.5 Å². The predicted molar refractivity (Wildman–Crippen MR) is 61.8 cm³/mol. The third kappa shape index (κ3) is 2.63. The first kappa shape index (κ1) is 10.7. The summed E-state index contributed by atoms with van der Waals surface area (Å²) in [4.78, 5) is 2.62. The van der Waals surface area contributed by atoms with E-state index in [2.05, 4.69) is 17.9 Å². The second kappa shape index (κ2) is 5.36. The van der Waals surface area contributed by atoms with Crippen molar-refractivity contribution in [3.8, 4) is 0 Å². The van der Waals surface area contributed by atoms with Crippen LogP contribution in [0.2, 0.25) is 0 Å². The summed E-state index contributed by atoms with van der Waals surface area (Å²) in [5, 5.41) is 0. The van der Waals surface area contributed by atoms with Crippen molar-refractivity contribution in [2.45, 2.75) is 45.1 Å². The molecule has 1 fully saturated rings. The molecule has 2 heteroatoms. The summed E-state index contributed by atoms with van der Waals surface area (Å²) >= 11 is 0. The lowest BCUT2D eigenvalue weighted by atomic mass is 9.97. The highest BCUT2D eigenvalue weighted by Crippen LogP contribution is 2.31. The maximum Gasteiger partial charge on any atom is 0.0950 e. The second-order valence-corrected chi connectivity index (χ2v) is 4.46. The molecule has 1 aromatic heterocycles. The number of unbranched alkanes of at least 4 members (excludes halogenated alkanes) is 1. The normalized spacial score (nSPS) is 23.1. The van der Waals surface area contributed by atoms with Gasteiger partial charge >= 0.3 is 0 Å². The Balaban J connectivity index is 1.99. The van der Waals surface area contributed by atoms with Gasteiger partial charge in [-0.1, -0.05) is 19.8 Å². The maximum atomic E-state index is 5.19. The average Bonchev–Trinajstić information content (AvgIpc) is 2.80. The first-order chi connectivity index (χ1) is 7.42. The molecule has 2 heterocycles. The van der Waals surface area contributed by atoms with E-state index in [0.717, 1.165) is 0 Å². The van der Waals surface area contributed by atoms with Gasteiger partial charge in [-0.3, -0.25) is 4.90 Å². The van der Waals surface area contributed by atoms with Gasteiger partial charge in [0.25, 0.3) is 0 Å². The van der Waals surface area contributed by atoms with Crippen LogP contribution in [0.1, 0.15) is 50.6 Å². The molecule has 1 atom stereocenters. The zero-order valence-corrected chi connectivity index (χ0v) is 9.61. The SMILES string of the molecule is CCCCN1CCCC[C@@H]1c1ccoc1. The van der Waals surface area contributed by atoms with Gasteiger partial charge in [0, 0.05) is 11.6 Å². The fourth-order valence-electron chi connectivity index (χ4n) is 2.46. The molecule has 0 unspecified atom stereocenters. The van der Waals surface area contributed by atoms with Crippen LogP contribution in [-0.2, 0) is 0 Å². The van der Waals surface area contributed by atoms with Crippen LogP contribution < -0.4 is 0 Å². The van der Waals surface area contributed by atoms with E-state index < -0.39 is 0 Å². The lowest BCUT2D eigenvalue weighted by molar-refractivity contribution is 0.146. The van der Waals surface area contributed by atoms with Crippen LogP contribution in [0, 0.1) is 0 Å². The predicted octanol–water partition coefficient (Wildman–Crippen LogP) is 3.61. The molecule has 0 saturated carbocycles. The van der Waals surface area contributed by atoms with E-state index in [0.29, 0.717) is 6.04 Å². The molecule has 0 aliphatic carbocycles. The molecule has 84 valence electrons. The number of rotatable bonds is 4. The Kier molecular flexibility index (Phi) is 3.84. The molecular formula is C13H21NO. The monoisotopic (exact) mass is 207 g/mol. The molecule has 1 aromatic rings. The fraction of sp³-hybridized carbons (Fsp3) is 0.692. The van der Waals surface area contributed by atoms with Crippen molar-refractivity contribution in [2.24, 2.45) is 0 Å². The van der Waals surface area contributed by atoms with Crippen molar-refractivity contribution >= 4 is 0 Å². The molecule has 2 nitrogen and oxygen atoms in total. The van der Waals surface area contributed by atoms with E-state index in [1.807, 2.05) is 6.26 Å². The topological polar surface area (TPSA) is 16.4 Å². The van der Waals surface area contributed by atoms with E-state index in [4.69, 9.17) is 4.42 Å². The lowest BCUT2D eigenvalue weighted by Crippen LogP contribution is -2.33. The zero-order chi connectivity index (χ0) is 10.5. The zero-order valence-electron chi connectivity index (χ0n) is 9.61. The minimum atomic E-state index is 0.615. The molecule has 0 radical (unpaired) electrons. The van der Waals surface area contributed by atoms with Gasteiger partial charge in [-0.25, -0.2) is 0 Å². The van der Waals surface area contributed by atoms with Crippen LogP contribution in [0.3, 0.4) is 0 Å². The molecule has 0 aromatic carbocycles. The van der Waals surface area contributed by atoms with Gasteiger partial charge in [0.15, 0.2) is 0 Å². The van der Waals surface area contributed by atoms with E-state index in [1.165, 1.54) is 50.8 Å². The van der Waals surface area contributed by atoms with Gasteiger partial charge in [-0.2, -0.15) is 0 Å². The first-order valence-electron chi connectivity index (χ1n) is 6.18. The van der Waals surface area contributed by atoms with Gasteiger partial charge < -0.3 is 4.42 Å². The van der Waals surface area contributed by atoms with Crippen molar-refractivity contribution in [1.82, 2.24) is 4.90 Å². The molecule has 1 aliphatic heterocycles. The Labute approximate surface area is 92.3 Å². The highest BCUT2D eigenvalue weighted by Gasteiger charge is 2.23. The van der Waals surface area contributed by atoms with Crippen LogP contribution in [-0.4, -0.2) is 18.0 Å². The highest BCUT2D eigenvalue weighted by atomic mass is 16.3. The summed E-state index contributed by atoms with van der Waals surface area (Å²) in [7, 11) is 0. The summed E-state index contributed by atoms with van der Waals surface area (Å²) in [6, 6.07) is 2.73. The smallest absolute Gasteiger partial charge is 0.0950 e. The van der Waals surface area contributed by atoms with Crippen LogP contribution in [0.15, 0.2) is 23.0 Å². The fourth-order valence-corrected chi connectivity index (χ4v) is 2.46. The van der Waals surface area contributed by atoms with Gasteiger partial charge in [0.2, 0.25) is 0 Å². The minimum Gasteiger partial charge on any atom is -0.472 e. The first-order valence-corrected chi connectivity index (χ1v) is 6.18. The largest absolute Gasteiger partial charge is 0.472 e. The van der Waals surface area contributed by atoms with Crippen molar-refractivity contribution in [1.29, 1.82) is 0 Å². The Morgan fingerprint density at radius 3 is 3.13 bits per heavy atom. The molecular weight excluding hydrogens is 186 g/mol. The summed E-state index contributed by atoms with van der Waals surface area (Å²) in [5.74, 6) is 0. The Bertz CT molecular complexity index is 268. The van der Waals surface area contributed by atoms with Crippen LogP contribution >= 0.6 is 0 Å². The molecule has 0 bridgehead atoms. The molecule has 0 spiro atoms. The Morgan fingerprint density at radius 2 is 2.40 bits per heavy atom. The summed E-state index contributed by atoms with van der Waals surface area (Å²) in [5.41, 5.74) is 1.37. The molecule has 2 rings (SSSR count). The third-order valence-electron chi connectivity index (χ3n) is 3.34. The minimum absolute atomic E-state index is 0.615. The van der Waals surface area contributed by atoms with Gasteiger partial charge in [-0.15, -0.1) is 0 Å². The van der Waals surface area contributed by atoms with Crippen molar-refractivity contribution in [3.63, 3.8) is 0 Å². The number of hydrogen-bond donors (Lipinski definition) is 0. The number of furan rings is 1. The average molecular weight is 207 g/mol. The van der Waals surface area contributed by atoms with E-state index in [-0.39, 0.29) is 0 Å². The molecule has 1 saturated heterocycles. The number of nitrogens with zero attached hydrogens (tertiary/aromatic N) is 1. The Morgan fingerprint density at radius 1 is 1.47 bits per heavy atom. The van der Waals surface area contributed by atoms with E-state index in [9.17, 15) is 0 Å². The molecule has 0 N–H and O–H groups in total.